The highest BCUT2D eigenvalue weighted by Crippen LogP contribution is 2.23. The number of nitrogens with zero attached hydrogens (tertiary/aromatic N) is 2. The zero-order valence-corrected chi connectivity index (χ0v) is 8.37. The van der Waals surface area contributed by atoms with Crippen molar-refractivity contribution < 1.29 is 13.7 Å². The maximum Gasteiger partial charge on any atom is 0.364 e. The number of rotatable bonds is 3. The highest BCUT2D eigenvalue weighted by Gasteiger charge is 2.17. The Hall–Kier alpha value is -1.11. The molecular formula is C7H5BrF2N2O2. The van der Waals surface area contributed by atoms with Crippen LogP contribution < -0.4 is 0 Å². The fraction of sp³-hybridized carbons (Fsp3) is 0.286. The van der Waals surface area contributed by atoms with E-state index in [1.165, 1.54) is 0 Å². The van der Waals surface area contributed by atoms with Crippen LogP contribution in [0.25, 0.3) is 0 Å². The number of pyridine rings is 1. The molecule has 0 bridgehead atoms. The first-order valence-corrected chi connectivity index (χ1v) is 4.66. The molecule has 0 aliphatic carbocycles. The number of nitro groups is 1. The van der Waals surface area contributed by atoms with Crippen molar-refractivity contribution in [1.82, 2.24) is 4.98 Å². The van der Waals surface area contributed by atoms with Crippen LogP contribution in [0.4, 0.5) is 14.6 Å². The van der Waals surface area contributed by atoms with Gasteiger partial charge in [-0.15, -0.1) is 0 Å². The van der Waals surface area contributed by atoms with Gasteiger partial charge in [-0.25, -0.2) is 8.78 Å². The summed E-state index contributed by atoms with van der Waals surface area (Å²) >= 11 is 2.99. The Labute approximate surface area is 86.2 Å². The van der Waals surface area contributed by atoms with Gasteiger partial charge in [0.25, 0.3) is 6.43 Å². The fourth-order valence-electron chi connectivity index (χ4n) is 0.883. The maximum atomic E-state index is 12.3. The van der Waals surface area contributed by atoms with Crippen molar-refractivity contribution in [2.24, 2.45) is 0 Å². The standard InChI is InChI=1S/C7H5BrF2N2O2/c8-3-5-1-4(7(9)10)2-6(11-5)12(13)14/h1-2,7H,3H2. The quantitative estimate of drug-likeness (QED) is 0.480. The van der Waals surface area contributed by atoms with E-state index in [2.05, 4.69) is 20.9 Å². The normalized spacial score (nSPS) is 10.6. The van der Waals surface area contributed by atoms with Gasteiger partial charge < -0.3 is 10.1 Å². The van der Waals surface area contributed by atoms with Crippen LogP contribution in [0.15, 0.2) is 12.1 Å². The van der Waals surface area contributed by atoms with Gasteiger partial charge in [-0.2, -0.15) is 0 Å². The highest BCUT2D eigenvalue weighted by molar-refractivity contribution is 9.08. The summed E-state index contributed by atoms with van der Waals surface area (Å²) in [4.78, 5) is 13.1. The Balaban J connectivity index is 3.20. The number of hydrogen-bond acceptors (Lipinski definition) is 3. The third-order valence-corrected chi connectivity index (χ3v) is 2.04. The maximum absolute atomic E-state index is 12.3. The zero-order chi connectivity index (χ0) is 10.7. The third-order valence-electron chi connectivity index (χ3n) is 1.46. The fourth-order valence-corrected chi connectivity index (χ4v) is 1.17. The molecule has 1 rings (SSSR count). The van der Waals surface area contributed by atoms with Crippen molar-refractivity contribution >= 4 is 21.7 Å². The first kappa shape index (κ1) is 11.0. The number of halogens is 3. The van der Waals surface area contributed by atoms with Gasteiger partial charge in [0.15, 0.2) is 5.69 Å². The zero-order valence-electron chi connectivity index (χ0n) is 6.78. The molecule has 0 fully saturated rings. The third kappa shape index (κ3) is 2.44. The second-order valence-electron chi connectivity index (χ2n) is 2.44. The molecule has 1 heterocycles. The predicted octanol–water partition coefficient (Wildman–Crippen LogP) is 2.82. The Morgan fingerprint density at radius 2 is 2.21 bits per heavy atom. The van der Waals surface area contributed by atoms with Crippen LogP contribution >= 0.6 is 15.9 Å². The summed E-state index contributed by atoms with van der Waals surface area (Å²) in [6.07, 6.45) is -2.73. The molecule has 7 heteroatoms. The summed E-state index contributed by atoms with van der Waals surface area (Å²) in [5.41, 5.74) is -0.171. The lowest BCUT2D eigenvalue weighted by Gasteiger charge is -1.99. The van der Waals surface area contributed by atoms with Gasteiger partial charge in [-0.05, 0) is 16.0 Å². The molecule has 0 radical (unpaired) electrons. The largest absolute Gasteiger partial charge is 0.364 e. The number of aromatic nitrogens is 1. The number of alkyl halides is 3. The summed E-state index contributed by atoms with van der Waals surface area (Å²) in [7, 11) is 0. The molecule has 0 saturated heterocycles. The first-order chi connectivity index (χ1) is 6.54. The Kier molecular flexibility index (Phi) is 3.45. The molecule has 76 valence electrons. The van der Waals surface area contributed by atoms with E-state index in [4.69, 9.17) is 0 Å². The Morgan fingerprint density at radius 3 is 2.64 bits per heavy atom. The molecule has 0 unspecified atom stereocenters. The van der Waals surface area contributed by atoms with Gasteiger partial charge in [-0.1, -0.05) is 15.9 Å². The van der Waals surface area contributed by atoms with Gasteiger partial charge in [-0.3, -0.25) is 0 Å². The van der Waals surface area contributed by atoms with Gasteiger partial charge in [0.2, 0.25) is 0 Å². The van der Waals surface area contributed by atoms with Gasteiger partial charge in [0, 0.05) is 11.6 Å². The average Bonchev–Trinajstić information content (AvgIpc) is 2.16. The van der Waals surface area contributed by atoms with Gasteiger partial charge in [0.05, 0.1) is 5.33 Å². The van der Waals surface area contributed by atoms with E-state index in [1.54, 1.807) is 0 Å². The lowest BCUT2D eigenvalue weighted by molar-refractivity contribution is -0.389. The van der Waals surface area contributed by atoms with E-state index in [9.17, 15) is 18.9 Å². The van der Waals surface area contributed by atoms with Gasteiger partial charge >= 0.3 is 5.82 Å². The van der Waals surface area contributed by atoms with Crippen molar-refractivity contribution in [2.45, 2.75) is 11.8 Å². The minimum Gasteiger partial charge on any atom is -0.358 e. The molecule has 0 atom stereocenters. The van der Waals surface area contributed by atoms with Crippen LogP contribution in [0.5, 0.6) is 0 Å². The predicted molar refractivity (Wildman–Crippen MR) is 48.5 cm³/mol. The van der Waals surface area contributed by atoms with Crippen molar-refractivity contribution in [1.29, 1.82) is 0 Å². The molecule has 14 heavy (non-hydrogen) atoms. The lowest BCUT2D eigenvalue weighted by Crippen LogP contribution is -1.98. The van der Waals surface area contributed by atoms with E-state index in [0.29, 0.717) is 0 Å². The minimum absolute atomic E-state index is 0.203. The van der Waals surface area contributed by atoms with Crippen molar-refractivity contribution in [3.63, 3.8) is 0 Å². The smallest absolute Gasteiger partial charge is 0.358 e. The van der Waals surface area contributed by atoms with Crippen molar-refractivity contribution in [3.05, 3.63) is 33.5 Å². The Morgan fingerprint density at radius 1 is 1.57 bits per heavy atom. The molecule has 0 aliphatic heterocycles. The summed E-state index contributed by atoms with van der Waals surface area (Å²) in [6.45, 7) is 0. The molecule has 0 aliphatic rings. The molecule has 0 aromatic carbocycles. The molecule has 0 spiro atoms. The average molecular weight is 267 g/mol. The van der Waals surface area contributed by atoms with Crippen molar-refractivity contribution in [3.8, 4) is 0 Å². The lowest BCUT2D eigenvalue weighted by atomic mass is 10.2. The molecule has 0 amide bonds. The molecular weight excluding hydrogens is 262 g/mol. The summed E-state index contributed by atoms with van der Waals surface area (Å²) < 4.78 is 24.5. The van der Waals surface area contributed by atoms with E-state index in [-0.39, 0.29) is 16.6 Å². The Bertz CT molecular complexity index is 360. The first-order valence-electron chi connectivity index (χ1n) is 3.54. The van der Waals surface area contributed by atoms with Crippen LogP contribution in [0.1, 0.15) is 17.7 Å². The molecule has 1 aromatic heterocycles. The van der Waals surface area contributed by atoms with Crippen molar-refractivity contribution in [2.75, 3.05) is 0 Å². The monoisotopic (exact) mass is 266 g/mol. The van der Waals surface area contributed by atoms with Crippen LogP contribution in [-0.4, -0.2) is 9.91 Å². The molecule has 0 N–H and O–H groups in total. The number of hydrogen-bond donors (Lipinski definition) is 0. The minimum atomic E-state index is -2.73. The van der Waals surface area contributed by atoms with E-state index < -0.39 is 17.2 Å². The molecule has 4 nitrogen and oxygen atoms in total. The topological polar surface area (TPSA) is 56.0 Å². The highest BCUT2D eigenvalue weighted by atomic mass is 79.9. The molecule has 1 aromatic rings. The summed E-state index contributed by atoms with van der Waals surface area (Å²) in [6, 6.07) is 1.91. The van der Waals surface area contributed by atoms with E-state index in [1.807, 2.05) is 0 Å². The second kappa shape index (κ2) is 4.41. The second-order valence-corrected chi connectivity index (χ2v) is 3.00. The van der Waals surface area contributed by atoms with Crippen LogP contribution in [-0.2, 0) is 5.33 Å². The summed E-state index contributed by atoms with van der Waals surface area (Å²) in [5.74, 6) is -0.558. The summed E-state index contributed by atoms with van der Waals surface area (Å²) in [5, 5.41) is 10.5. The van der Waals surface area contributed by atoms with Crippen LogP contribution in [0, 0.1) is 10.1 Å². The van der Waals surface area contributed by atoms with Crippen LogP contribution in [0.3, 0.4) is 0 Å². The molecule has 0 saturated carbocycles. The van der Waals surface area contributed by atoms with E-state index in [0.717, 1.165) is 12.1 Å². The van der Waals surface area contributed by atoms with Crippen LogP contribution in [0.2, 0.25) is 0 Å². The van der Waals surface area contributed by atoms with E-state index >= 15 is 0 Å². The van der Waals surface area contributed by atoms with Gasteiger partial charge in [0.1, 0.15) is 0 Å². The SMILES string of the molecule is O=[N+]([O-])c1cc(C(F)F)cc(CBr)n1.